The summed E-state index contributed by atoms with van der Waals surface area (Å²) in [6.45, 7) is 6.19. The van der Waals surface area contributed by atoms with Crippen molar-refractivity contribution < 1.29 is 4.74 Å². The van der Waals surface area contributed by atoms with Gasteiger partial charge < -0.3 is 10.1 Å². The van der Waals surface area contributed by atoms with Crippen molar-refractivity contribution in [2.24, 2.45) is 5.92 Å². The van der Waals surface area contributed by atoms with E-state index in [1.54, 1.807) is 11.3 Å². The Balaban J connectivity index is 1.70. The minimum absolute atomic E-state index is 0.420. The number of anilines is 1. The fourth-order valence-corrected chi connectivity index (χ4v) is 3.71. The van der Waals surface area contributed by atoms with Crippen LogP contribution in [0.1, 0.15) is 25.3 Å². The molecule has 2 aromatic rings. The summed E-state index contributed by atoms with van der Waals surface area (Å²) in [6.07, 6.45) is 2.68. The van der Waals surface area contributed by atoms with Crippen LogP contribution in [0.2, 0.25) is 0 Å². The summed E-state index contributed by atoms with van der Waals surface area (Å²) in [6, 6.07) is 6.35. The number of rotatable bonds is 4. The average molecular weight is 276 g/mol. The van der Waals surface area contributed by atoms with Gasteiger partial charge in [-0.1, -0.05) is 30.4 Å². The molecule has 19 heavy (non-hydrogen) atoms. The molecule has 1 aromatic heterocycles. The number of thiazole rings is 1. The quantitative estimate of drug-likeness (QED) is 0.921. The van der Waals surface area contributed by atoms with E-state index in [2.05, 4.69) is 37.4 Å². The van der Waals surface area contributed by atoms with E-state index < -0.39 is 0 Å². The number of ether oxygens (including phenoxy) is 1. The number of aromatic nitrogens is 1. The number of nitrogens with one attached hydrogen (secondary N) is 1. The van der Waals surface area contributed by atoms with E-state index in [-0.39, 0.29) is 0 Å². The number of nitrogens with zero attached hydrogens (tertiary/aromatic N) is 1. The second-order valence-corrected chi connectivity index (χ2v) is 6.22. The molecule has 2 atom stereocenters. The van der Waals surface area contributed by atoms with E-state index in [0.717, 1.165) is 36.6 Å². The average Bonchev–Trinajstić information content (AvgIpc) is 3.02. The van der Waals surface area contributed by atoms with Crippen LogP contribution in [0.4, 0.5) is 5.13 Å². The molecule has 3 rings (SSSR count). The first kappa shape index (κ1) is 12.9. The summed E-state index contributed by atoms with van der Waals surface area (Å²) in [5.74, 6) is 0.623. The number of aryl methyl sites for hydroxylation is 1. The van der Waals surface area contributed by atoms with Gasteiger partial charge in [-0.2, -0.15) is 0 Å². The van der Waals surface area contributed by atoms with Crippen molar-refractivity contribution in [2.75, 3.05) is 18.5 Å². The van der Waals surface area contributed by atoms with Crippen LogP contribution in [0, 0.1) is 12.8 Å². The van der Waals surface area contributed by atoms with Gasteiger partial charge in [0.15, 0.2) is 5.13 Å². The van der Waals surface area contributed by atoms with Crippen LogP contribution in [-0.2, 0) is 4.74 Å². The summed E-state index contributed by atoms with van der Waals surface area (Å²) in [5.41, 5.74) is 2.38. The molecule has 0 aliphatic carbocycles. The molecule has 1 aliphatic heterocycles. The van der Waals surface area contributed by atoms with E-state index in [9.17, 15) is 0 Å². The summed E-state index contributed by atoms with van der Waals surface area (Å²) in [7, 11) is 0. The van der Waals surface area contributed by atoms with Gasteiger partial charge in [0, 0.05) is 19.1 Å². The van der Waals surface area contributed by atoms with Crippen molar-refractivity contribution in [3.05, 3.63) is 23.8 Å². The SMILES string of the molecule is CCC1OCCC1CNc1nc2c(C)cccc2s1. The Hall–Kier alpha value is -1.13. The summed E-state index contributed by atoms with van der Waals surface area (Å²) >= 11 is 1.74. The molecule has 1 N–H and O–H groups in total. The maximum Gasteiger partial charge on any atom is 0.183 e. The van der Waals surface area contributed by atoms with Gasteiger partial charge in [0.25, 0.3) is 0 Å². The van der Waals surface area contributed by atoms with Gasteiger partial charge >= 0.3 is 0 Å². The second-order valence-electron chi connectivity index (χ2n) is 5.19. The van der Waals surface area contributed by atoms with E-state index in [1.165, 1.54) is 10.3 Å². The smallest absolute Gasteiger partial charge is 0.183 e. The lowest BCUT2D eigenvalue weighted by Crippen LogP contribution is -2.22. The molecule has 0 saturated carbocycles. The van der Waals surface area contributed by atoms with Gasteiger partial charge in [-0.25, -0.2) is 4.98 Å². The number of hydrogen-bond donors (Lipinski definition) is 1. The lowest BCUT2D eigenvalue weighted by molar-refractivity contribution is 0.0900. The highest BCUT2D eigenvalue weighted by atomic mass is 32.1. The van der Waals surface area contributed by atoms with E-state index in [0.29, 0.717) is 12.0 Å². The molecule has 3 nitrogen and oxygen atoms in total. The van der Waals surface area contributed by atoms with Crippen LogP contribution >= 0.6 is 11.3 Å². The van der Waals surface area contributed by atoms with Gasteiger partial charge in [-0.15, -0.1) is 0 Å². The van der Waals surface area contributed by atoms with Crippen molar-refractivity contribution in [1.82, 2.24) is 4.98 Å². The highest BCUT2D eigenvalue weighted by molar-refractivity contribution is 7.22. The Morgan fingerprint density at radius 1 is 1.47 bits per heavy atom. The highest BCUT2D eigenvalue weighted by Crippen LogP contribution is 2.29. The maximum absolute atomic E-state index is 5.72. The van der Waals surface area contributed by atoms with Crippen molar-refractivity contribution in [1.29, 1.82) is 0 Å². The number of hydrogen-bond acceptors (Lipinski definition) is 4. The Kier molecular flexibility index (Phi) is 3.71. The normalized spacial score (nSPS) is 23.1. The zero-order chi connectivity index (χ0) is 13.2. The minimum Gasteiger partial charge on any atom is -0.378 e. The monoisotopic (exact) mass is 276 g/mol. The van der Waals surface area contributed by atoms with Crippen molar-refractivity contribution in [3.63, 3.8) is 0 Å². The minimum atomic E-state index is 0.420. The van der Waals surface area contributed by atoms with Gasteiger partial charge in [-0.05, 0) is 31.4 Å². The molecule has 1 aromatic carbocycles. The molecule has 2 heterocycles. The Morgan fingerprint density at radius 2 is 2.37 bits per heavy atom. The summed E-state index contributed by atoms with van der Waals surface area (Å²) in [4.78, 5) is 4.69. The fourth-order valence-electron chi connectivity index (χ4n) is 2.76. The molecule has 4 heteroatoms. The standard InChI is InChI=1S/C15H20N2OS/c1-3-12-11(7-8-18-12)9-16-15-17-14-10(2)5-4-6-13(14)19-15/h4-6,11-12H,3,7-9H2,1-2H3,(H,16,17). The lowest BCUT2D eigenvalue weighted by atomic mass is 10.00. The van der Waals surface area contributed by atoms with Crippen molar-refractivity contribution in [2.45, 2.75) is 32.8 Å². The van der Waals surface area contributed by atoms with Crippen LogP contribution in [0.15, 0.2) is 18.2 Å². The molecule has 1 aliphatic rings. The molecule has 1 saturated heterocycles. The lowest BCUT2D eigenvalue weighted by Gasteiger charge is -2.16. The molecule has 0 bridgehead atoms. The highest BCUT2D eigenvalue weighted by Gasteiger charge is 2.26. The molecular weight excluding hydrogens is 256 g/mol. The third-order valence-corrected chi connectivity index (χ3v) is 4.86. The second kappa shape index (κ2) is 5.47. The first-order chi connectivity index (χ1) is 9.28. The van der Waals surface area contributed by atoms with Crippen LogP contribution < -0.4 is 5.32 Å². The van der Waals surface area contributed by atoms with Gasteiger partial charge in [0.05, 0.1) is 16.3 Å². The Bertz CT molecular complexity index is 566. The maximum atomic E-state index is 5.72. The first-order valence-electron chi connectivity index (χ1n) is 6.99. The molecule has 0 amide bonds. The summed E-state index contributed by atoms with van der Waals surface area (Å²) in [5, 5.41) is 4.53. The van der Waals surface area contributed by atoms with Crippen molar-refractivity contribution in [3.8, 4) is 0 Å². The molecular formula is C15H20N2OS. The third-order valence-electron chi connectivity index (χ3n) is 3.88. The molecule has 0 spiro atoms. The topological polar surface area (TPSA) is 34.1 Å². The molecule has 102 valence electrons. The molecule has 1 fully saturated rings. The van der Waals surface area contributed by atoms with Gasteiger partial charge in [0.2, 0.25) is 0 Å². The Labute approximate surface area is 118 Å². The van der Waals surface area contributed by atoms with Crippen LogP contribution in [0.25, 0.3) is 10.2 Å². The van der Waals surface area contributed by atoms with Gasteiger partial charge in [0.1, 0.15) is 0 Å². The van der Waals surface area contributed by atoms with E-state index in [4.69, 9.17) is 9.72 Å². The zero-order valence-electron chi connectivity index (χ0n) is 11.5. The van der Waals surface area contributed by atoms with Crippen molar-refractivity contribution >= 4 is 26.7 Å². The predicted molar refractivity (Wildman–Crippen MR) is 81.0 cm³/mol. The van der Waals surface area contributed by atoms with Crippen LogP contribution in [0.3, 0.4) is 0 Å². The van der Waals surface area contributed by atoms with Crippen LogP contribution in [-0.4, -0.2) is 24.2 Å². The Morgan fingerprint density at radius 3 is 3.16 bits per heavy atom. The molecule has 0 radical (unpaired) electrons. The number of fused-ring (bicyclic) bond motifs is 1. The predicted octanol–water partition coefficient (Wildman–Crippen LogP) is 3.83. The van der Waals surface area contributed by atoms with E-state index >= 15 is 0 Å². The van der Waals surface area contributed by atoms with Gasteiger partial charge in [-0.3, -0.25) is 0 Å². The first-order valence-corrected chi connectivity index (χ1v) is 7.81. The van der Waals surface area contributed by atoms with E-state index in [1.807, 2.05) is 0 Å². The zero-order valence-corrected chi connectivity index (χ0v) is 12.3. The largest absolute Gasteiger partial charge is 0.378 e. The number of para-hydroxylation sites is 1. The molecule has 2 unspecified atom stereocenters. The third kappa shape index (κ3) is 2.60. The fraction of sp³-hybridized carbons (Fsp3) is 0.533. The number of benzene rings is 1. The summed E-state index contributed by atoms with van der Waals surface area (Å²) < 4.78 is 6.99. The van der Waals surface area contributed by atoms with Crippen LogP contribution in [0.5, 0.6) is 0 Å².